The van der Waals surface area contributed by atoms with Crippen molar-refractivity contribution in [3.63, 3.8) is 0 Å². The first-order valence-electron chi connectivity index (χ1n) is 8.93. The highest BCUT2D eigenvalue weighted by Crippen LogP contribution is 2.36. The van der Waals surface area contributed by atoms with Gasteiger partial charge < -0.3 is 14.9 Å². The minimum absolute atomic E-state index is 0.234. The molecule has 0 atom stereocenters. The number of benzene rings is 1. The Morgan fingerprint density at radius 2 is 2.00 bits per heavy atom. The van der Waals surface area contributed by atoms with Crippen LogP contribution in [0.3, 0.4) is 0 Å². The molecule has 0 spiro atoms. The molecule has 1 saturated carbocycles. The van der Waals surface area contributed by atoms with Crippen LogP contribution in [0.1, 0.15) is 31.1 Å². The quantitative estimate of drug-likeness (QED) is 0.516. The summed E-state index contributed by atoms with van der Waals surface area (Å²) in [6.45, 7) is 4.00. The predicted molar refractivity (Wildman–Crippen MR) is 108 cm³/mol. The van der Waals surface area contributed by atoms with Gasteiger partial charge in [-0.05, 0) is 37.5 Å². The average molecular weight is 390 g/mol. The molecule has 9 heteroatoms. The Morgan fingerprint density at radius 3 is 2.72 bits per heavy atom. The average Bonchev–Trinajstić information content (AvgIpc) is 3.34. The van der Waals surface area contributed by atoms with Gasteiger partial charge in [0.15, 0.2) is 11.5 Å². The van der Waals surface area contributed by atoms with Crippen LogP contribution in [0.5, 0.6) is 0 Å². The summed E-state index contributed by atoms with van der Waals surface area (Å²) in [6, 6.07) is 5.15. The molecule has 5 rings (SSSR count). The van der Waals surface area contributed by atoms with E-state index in [4.69, 9.17) is 10.2 Å². The third-order valence-corrected chi connectivity index (χ3v) is 4.80. The number of imidazole rings is 2. The minimum atomic E-state index is -0.234. The number of nitrogens with zero attached hydrogens (tertiary/aromatic N) is 6. The van der Waals surface area contributed by atoms with Crippen LogP contribution in [0.2, 0.25) is 0 Å². The van der Waals surface area contributed by atoms with Gasteiger partial charge in [0.2, 0.25) is 0 Å². The first-order valence-corrected chi connectivity index (χ1v) is 8.93. The maximum absolute atomic E-state index is 13.7. The monoisotopic (exact) mass is 390 g/mol. The number of fused-ring (bicyclic) bond motifs is 2. The fraction of sp³-hybridized carbons (Fsp3) is 0.250. The Hall–Kier alpha value is -3.98. The van der Waals surface area contributed by atoms with Gasteiger partial charge >= 0.3 is 0 Å². The van der Waals surface area contributed by atoms with Crippen LogP contribution in [-0.2, 0) is 6.54 Å². The van der Waals surface area contributed by atoms with E-state index in [1.54, 1.807) is 18.5 Å². The van der Waals surface area contributed by atoms with Gasteiger partial charge in [0.05, 0.1) is 23.9 Å². The summed E-state index contributed by atoms with van der Waals surface area (Å²) in [5.41, 5.74) is 3.06. The molecule has 1 aliphatic carbocycles. The van der Waals surface area contributed by atoms with E-state index in [9.17, 15) is 4.39 Å². The number of terminal acetylenes is 1. The van der Waals surface area contributed by atoms with Crippen molar-refractivity contribution in [1.29, 1.82) is 5.26 Å². The number of anilines is 1. The highest BCUT2D eigenvalue weighted by atomic mass is 19.1. The van der Waals surface area contributed by atoms with E-state index in [0.29, 0.717) is 24.1 Å². The summed E-state index contributed by atoms with van der Waals surface area (Å²) in [4.78, 5) is 20.3. The number of nitrogens with one attached hydrogen (secondary N) is 2. The maximum Gasteiger partial charge on any atom is 0.182 e. The standard InChI is InChI=1S/C17H16FN7.C2H2.CHN/c18-10-4-5-12-13(6-10)25(11-2-1-3-11)14(24-12)7-19-16-15-17(21-8-20-15)23-9-22-16;2*1-2/h4-6,8-9,11H,1-3,7H2,(H2,19,20,21,22,23);1-2H;1H. The van der Waals surface area contributed by atoms with Crippen LogP contribution in [0.4, 0.5) is 10.2 Å². The van der Waals surface area contributed by atoms with E-state index >= 15 is 0 Å². The number of aromatic nitrogens is 6. The first kappa shape index (κ1) is 19.8. The molecule has 0 bridgehead atoms. The van der Waals surface area contributed by atoms with Crippen molar-refractivity contribution in [2.75, 3.05) is 5.32 Å². The Labute approximate surface area is 166 Å². The van der Waals surface area contributed by atoms with Crippen LogP contribution >= 0.6 is 0 Å². The number of halogens is 1. The molecule has 3 heterocycles. The molecule has 3 aromatic heterocycles. The van der Waals surface area contributed by atoms with Crippen molar-refractivity contribution in [3.05, 3.63) is 42.5 Å². The summed E-state index contributed by atoms with van der Waals surface area (Å²) < 4.78 is 15.9. The third-order valence-electron chi connectivity index (χ3n) is 4.80. The second-order valence-electron chi connectivity index (χ2n) is 6.29. The largest absolute Gasteiger partial charge is 0.361 e. The van der Waals surface area contributed by atoms with Gasteiger partial charge in [-0.15, -0.1) is 12.8 Å². The molecular weight excluding hydrogens is 371 g/mol. The number of H-pyrrole nitrogens is 1. The van der Waals surface area contributed by atoms with E-state index in [0.717, 1.165) is 35.2 Å². The van der Waals surface area contributed by atoms with Gasteiger partial charge in [0.1, 0.15) is 23.5 Å². The molecule has 0 unspecified atom stereocenters. The molecule has 146 valence electrons. The lowest BCUT2D eigenvalue weighted by Gasteiger charge is -2.29. The lowest BCUT2D eigenvalue weighted by molar-refractivity contribution is 0.314. The normalized spacial score (nSPS) is 13.0. The second kappa shape index (κ2) is 8.81. The van der Waals surface area contributed by atoms with E-state index in [-0.39, 0.29) is 5.82 Å². The van der Waals surface area contributed by atoms with Gasteiger partial charge in [0.25, 0.3) is 0 Å². The zero-order valence-corrected chi connectivity index (χ0v) is 15.6. The first-order chi connectivity index (χ1) is 14.3. The molecule has 0 aliphatic heterocycles. The fourth-order valence-electron chi connectivity index (χ4n) is 3.35. The van der Waals surface area contributed by atoms with Gasteiger partial charge in [-0.25, -0.2) is 29.6 Å². The predicted octanol–water partition coefficient (Wildman–Crippen LogP) is 3.57. The third kappa shape index (κ3) is 3.71. The molecule has 1 aliphatic rings. The second-order valence-corrected chi connectivity index (χ2v) is 6.29. The van der Waals surface area contributed by atoms with Crippen molar-refractivity contribution >= 4 is 28.0 Å². The van der Waals surface area contributed by atoms with Crippen molar-refractivity contribution in [1.82, 2.24) is 29.5 Å². The van der Waals surface area contributed by atoms with Crippen molar-refractivity contribution in [3.8, 4) is 19.4 Å². The van der Waals surface area contributed by atoms with Gasteiger partial charge in [-0.1, -0.05) is 0 Å². The zero-order chi connectivity index (χ0) is 20.8. The number of nitriles is 1. The van der Waals surface area contributed by atoms with Crippen molar-refractivity contribution < 1.29 is 4.39 Å². The van der Waals surface area contributed by atoms with Crippen LogP contribution in [0.25, 0.3) is 22.2 Å². The molecule has 1 aromatic carbocycles. The summed E-state index contributed by atoms with van der Waals surface area (Å²) in [5, 5.41) is 9.81. The number of hydrogen-bond donors (Lipinski definition) is 2. The van der Waals surface area contributed by atoms with Crippen molar-refractivity contribution in [2.24, 2.45) is 0 Å². The van der Waals surface area contributed by atoms with E-state index in [1.165, 1.54) is 18.8 Å². The molecule has 0 saturated heterocycles. The highest BCUT2D eigenvalue weighted by molar-refractivity contribution is 5.82. The Balaban J connectivity index is 0.000000568. The molecule has 1 fully saturated rings. The number of rotatable bonds is 4. The fourth-order valence-corrected chi connectivity index (χ4v) is 3.35. The highest BCUT2D eigenvalue weighted by Gasteiger charge is 2.24. The van der Waals surface area contributed by atoms with Gasteiger partial charge in [0, 0.05) is 12.6 Å². The summed E-state index contributed by atoms with van der Waals surface area (Å²) in [5.74, 6) is 1.33. The Morgan fingerprint density at radius 1 is 1.21 bits per heavy atom. The molecule has 0 radical (unpaired) electrons. The van der Waals surface area contributed by atoms with Crippen LogP contribution in [0, 0.1) is 30.5 Å². The molecule has 29 heavy (non-hydrogen) atoms. The van der Waals surface area contributed by atoms with E-state index < -0.39 is 0 Å². The smallest absolute Gasteiger partial charge is 0.182 e. The molecule has 0 amide bonds. The number of hydrogen-bond acceptors (Lipinski definition) is 6. The van der Waals surface area contributed by atoms with Gasteiger partial charge in [-0.2, -0.15) is 0 Å². The summed E-state index contributed by atoms with van der Waals surface area (Å²) in [7, 11) is 0. The summed E-state index contributed by atoms with van der Waals surface area (Å²) in [6.07, 6.45) is 14.5. The molecule has 2 N–H and O–H groups in total. The Kier molecular flexibility index (Phi) is 6.00. The Bertz CT molecular complexity index is 1150. The lowest BCUT2D eigenvalue weighted by Crippen LogP contribution is -2.20. The topological polar surface area (TPSA) is 108 Å². The lowest BCUT2D eigenvalue weighted by atomic mass is 9.92. The summed E-state index contributed by atoms with van der Waals surface area (Å²) >= 11 is 0. The SMILES string of the molecule is C#C.C#N.Fc1ccc2nc(CNc3ncnc4nc[nH]c34)n(C3CCC3)c2c1. The van der Waals surface area contributed by atoms with Gasteiger partial charge in [-0.3, -0.25) is 0 Å². The maximum atomic E-state index is 13.7. The van der Waals surface area contributed by atoms with Crippen LogP contribution in [0.15, 0.2) is 30.9 Å². The zero-order valence-electron chi connectivity index (χ0n) is 15.6. The molecular formula is C20H19FN8. The minimum Gasteiger partial charge on any atom is -0.361 e. The van der Waals surface area contributed by atoms with E-state index in [2.05, 4.69) is 49.2 Å². The number of aromatic amines is 1. The van der Waals surface area contributed by atoms with Crippen LogP contribution < -0.4 is 5.32 Å². The van der Waals surface area contributed by atoms with E-state index in [1.807, 2.05) is 0 Å². The van der Waals surface area contributed by atoms with Crippen LogP contribution in [-0.4, -0.2) is 29.5 Å². The molecule has 4 aromatic rings. The van der Waals surface area contributed by atoms with Crippen molar-refractivity contribution in [2.45, 2.75) is 31.8 Å². The molecule has 8 nitrogen and oxygen atoms in total.